The van der Waals surface area contributed by atoms with Crippen molar-refractivity contribution in [3.8, 4) is 0 Å². The van der Waals surface area contributed by atoms with Crippen molar-refractivity contribution < 1.29 is 4.74 Å². The topological polar surface area (TPSA) is 71.9 Å². The molecule has 0 saturated carbocycles. The summed E-state index contributed by atoms with van der Waals surface area (Å²) in [7, 11) is 0. The van der Waals surface area contributed by atoms with E-state index < -0.39 is 0 Å². The maximum Gasteiger partial charge on any atom is 0.275 e. The molecule has 0 fully saturated rings. The first-order valence-corrected chi connectivity index (χ1v) is 10.7. The Morgan fingerprint density at radius 3 is 2.79 bits per heavy atom. The highest BCUT2D eigenvalue weighted by atomic mass is 35.5. The van der Waals surface area contributed by atoms with Gasteiger partial charge in [-0.05, 0) is 43.4 Å². The highest BCUT2D eigenvalue weighted by Crippen LogP contribution is 2.23. The molecule has 6 nitrogen and oxygen atoms in total. The van der Waals surface area contributed by atoms with Crippen molar-refractivity contribution in [2.75, 3.05) is 18.5 Å². The summed E-state index contributed by atoms with van der Waals surface area (Å²) in [6, 6.07) is 7.29. The lowest BCUT2D eigenvalue weighted by atomic mass is 10.2. The molecule has 0 amide bonds. The molecule has 0 aliphatic heterocycles. The molecule has 2 N–H and O–H groups in total. The van der Waals surface area contributed by atoms with Crippen molar-refractivity contribution in [1.82, 2.24) is 14.5 Å². The molecular weight excluding hydrogens is 411 g/mol. The van der Waals surface area contributed by atoms with Crippen LogP contribution in [0.1, 0.15) is 38.2 Å². The van der Waals surface area contributed by atoms with Gasteiger partial charge in [-0.1, -0.05) is 36.2 Å². The fraction of sp³-hybridized carbons (Fsp3) is 0.429. The van der Waals surface area contributed by atoms with Gasteiger partial charge < -0.3 is 19.6 Å². The van der Waals surface area contributed by atoms with E-state index >= 15 is 0 Å². The Balaban J connectivity index is 1.58. The number of fused-ring (bicyclic) bond motifs is 1. The zero-order valence-electron chi connectivity index (χ0n) is 16.5. The van der Waals surface area contributed by atoms with Crippen LogP contribution in [0.4, 0.5) is 5.82 Å². The largest absolute Gasteiger partial charge is 0.381 e. The Hall–Kier alpha value is -2.02. The molecule has 2 heterocycles. The third-order valence-electron chi connectivity index (χ3n) is 4.61. The first kappa shape index (κ1) is 21.7. The van der Waals surface area contributed by atoms with Gasteiger partial charge in [0.15, 0.2) is 0 Å². The SMILES string of the molecule is CCCOCCCCCn1cnc2cc(NCc3ccc(Cl)c(Cl)c3)[nH]c(=O)c21. The van der Waals surface area contributed by atoms with Gasteiger partial charge in [0.25, 0.3) is 5.56 Å². The van der Waals surface area contributed by atoms with Crippen LogP contribution in [-0.4, -0.2) is 27.7 Å². The van der Waals surface area contributed by atoms with E-state index in [1.165, 1.54) is 0 Å². The quantitative estimate of drug-likeness (QED) is 0.403. The molecule has 8 heteroatoms. The number of hydrogen-bond donors (Lipinski definition) is 2. The number of anilines is 1. The zero-order valence-corrected chi connectivity index (χ0v) is 18.0. The smallest absolute Gasteiger partial charge is 0.275 e. The fourth-order valence-electron chi connectivity index (χ4n) is 3.13. The average molecular weight is 437 g/mol. The third-order valence-corrected chi connectivity index (χ3v) is 5.35. The molecular formula is C21H26Cl2N4O2. The standard InChI is InChI=1S/C21H26Cl2N4O2/c1-2-9-29-10-5-3-4-8-27-14-25-18-12-19(26-21(28)20(18)27)24-13-15-6-7-16(22)17(23)11-15/h6-7,11-12,14H,2-5,8-10,13H2,1H3,(H2,24,26,28). The van der Waals surface area contributed by atoms with Crippen LogP contribution in [-0.2, 0) is 17.8 Å². The van der Waals surface area contributed by atoms with E-state index in [1.807, 2.05) is 16.7 Å². The molecule has 0 radical (unpaired) electrons. The molecule has 0 spiro atoms. The molecule has 0 aliphatic rings. The first-order valence-electron chi connectivity index (χ1n) is 9.92. The van der Waals surface area contributed by atoms with Crippen molar-refractivity contribution in [2.24, 2.45) is 0 Å². The molecule has 3 aromatic rings. The van der Waals surface area contributed by atoms with Crippen LogP contribution in [0.5, 0.6) is 0 Å². The van der Waals surface area contributed by atoms with Gasteiger partial charge >= 0.3 is 0 Å². The number of hydrogen-bond acceptors (Lipinski definition) is 4. The Labute approximate surface area is 180 Å². The van der Waals surface area contributed by atoms with Gasteiger partial charge in [0.2, 0.25) is 0 Å². The van der Waals surface area contributed by atoms with Crippen molar-refractivity contribution in [1.29, 1.82) is 0 Å². The van der Waals surface area contributed by atoms with Gasteiger partial charge in [0.05, 0.1) is 21.9 Å². The molecule has 0 aliphatic carbocycles. The summed E-state index contributed by atoms with van der Waals surface area (Å²) in [5.41, 5.74) is 2.10. The number of nitrogens with zero attached hydrogens (tertiary/aromatic N) is 2. The summed E-state index contributed by atoms with van der Waals surface area (Å²) >= 11 is 12.0. The van der Waals surface area contributed by atoms with Crippen LogP contribution in [0, 0.1) is 0 Å². The van der Waals surface area contributed by atoms with Crippen molar-refractivity contribution in [2.45, 2.75) is 45.7 Å². The number of pyridine rings is 1. The lowest BCUT2D eigenvalue weighted by Gasteiger charge is -2.08. The highest BCUT2D eigenvalue weighted by molar-refractivity contribution is 6.42. The monoisotopic (exact) mass is 436 g/mol. The number of rotatable bonds is 11. The summed E-state index contributed by atoms with van der Waals surface area (Å²) in [4.78, 5) is 19.9. The Morgan fingerprint density at radius 2 is 2.00 bits per heavy atom. The summed E-state index contributed by atoms with van der Waals surface area (Å²) in [6.45, 7) is 5.01. The molecule has 0 atom stereocenters. The number of halogens is 2. The van der Waals surface area contributed by atoms with Crippen LogP contribution in [0.3, 0.4) is 0 Å². The molecule has 156 valence electrons. The van der Waals surface area contributed by atoms with Gasteiger partial charge in [0, 0.05) is 32.4 Å². The summed E-state index contributed by atoms with van der Waals surface area (Å²) in [6.07, 6.45) is 5.86. The average Bonchev–Trinajstić information content (AvgIpc) is 3.12. The van der Waals surface area contributed by atoms with Crippen LogP contribution in [0.25, 0.3) is 11.0 Å². The van der Waals surface area contributed by atoms with E-state index in [0.29, 0.717) is 33.4 Å². The second kappa shape index (κ2) is 10.7. The van der Waals surface area contributed by atoms with Gasteiger partial charge in [-0.2, -0.15) is 0 Å². The minimum atomic E-state index is -0.150. The number of nitrogens with one attached hydrogen (secondary N) is 2. The maximum absolute atomic E-state index is 12.6. The zero-order chi connectivity index (χ0) is 20.6. The first-order chi connectivity index (χ1) is 14.1. The molecule has 3 rings (SSSR count). The molecule has 0 bridgehead atoms. The van der Waals surface area contributed by atoms with Gasteiger partial charge in [-0.3, -0.25) is 4.79 Å². The highest BCUT2D eigenvalue weighted by Gasteiger charge is 2.09. The second-order valence-electron chi connectivity index (χ2n) is 6.96. The summed E-state index contributed by atoms with van der Waals surface area (Å²) in [5.74, 6) is 0.617. The van der Waals surface area contributed by atoms with Crippen LogP contribution in [0.15, 0.2) is 35.4 Å². The minimum Gasteiger partial charge on any atom is -0.381 e. The number of aromatic amines is 1. The Bertz CT molecular complexity index is 1000. The number of aryl methyl sites for hydroxylation is 1. The van der Waals surface area contributed by atoms with Gasteiger partial charge in [-0.15, -0.1) is 0 Å². The number of unbranched alkanes of at least 4 members (excludes halogenated alkanes) is 2. The maximum atomic E-state index is 12.6. The summed E-state index contributed by atoms with van der Waals surface area (Å²) in [5, 5.41) is 4.23. The Kier molecular flexibility index (Phi) is 7.98. The van der Waals surface area contributed by atoms with E-state index in [1.54, 1.807) is 18.5 Å². The lowest BCUT2D eigenvalue weighted by Crippen LogP contribution is -2.14. The van der Waals surface area contributed by atoms with Crippen molar-refractivity contribution in [3.05, 3.63) is 56.6 Å². The van der Waals surface area contributed by atoms with E-state index in [0.717, 1.165) is 51.0 Å². The fourth-order valence-corrected chi connectivity index (χ4v) is 3.45. The minimum absolute atomic E-state index is 0.150. The number of aromatic nitrogens is 3. The van der Waals surface area contributed by atoms with Crippen molar-refractivity contribution in [3.63, 3.8) is 0 Å². The lowest BCUT2D eigenvalue weighted by molar-refractivity contribution is 0.130. The summed E-state index contributed by atoms with van der Waals surface area (Å²) < 4.78 is 7.42. The molecule has 0 unspecified atom stereocenters. The van der Waals surface area contributed by atoms with E-state index in [9.17, 15) is 4.79 Å². The predicted molar refractivity (Wildman–Crippen MR) is 119 cm³/mol. The normalized spacial score (nSPS) is 11.3. The number of imidazole rings is 1. The van der Waals surface area contributed by atoms with E-state index in [2.05, 4.69) is 22.2 Å². The predicted octanol–water partition coefficient (Wildman–Crippen LogP) is 5.24. The third kappa shape index (κ3) is 5.98. The van der Waals surface area contributed by atoms with Crippen LogP contribution >= 0.6 is 23.2 Å². The van der Waals surface area contributed by atoms with Crippen LogP contribution < -0.4 is 10.9 Å². The Morgan fingerprint density at radius 1 is 1.14 bits per heavy atom. The molecule has 1 aromatic carbocycles. The number of ether oxygens (including phenoxy) is 1. The van der Waals surface area contributed by atoms with Gasteiger partial charge in [-0.25, -0.2) is 4.98 Å². The molecule has 0 saturated heterocycles. The molecule has 2 aromatic heterocycles. The molecule has 29 heavy (non-hydrogen) atoms. The number of benzene rings is 1. The van der Waals surface area contributed by atoms with Crippen molar-refractivity contribution >= 4 is 40.1 Å². The van der Waals surface area contributed by atoms with Crippen LogP contribution in [0.2, 0.25) is 10.0 Å². The van der Waals surface area contributed by atoms with E-state index in [-0.39, 0.29) is 5.56 Å². The number of H-pyrrole nitrogens is 1. The van der Waals surface area contributed by atoms with E-state index in [4.69, 9.17) is 27.9 Å². The van der Waals surface area contributed by atoms with Gasteiger partial charge in [0.1, 0.15) is 11.3 Å². The second-order valence-corrected chi connectivity index (χ2v) is 7.77.